The molecule has 0 aromatic heterocycles. The van der Waals surface area contributed by atoms with Crippen LogP contribution < -0.4 is 5.73 Å². The van der Waals surface area contributed by atoms with E-state index in [0.717, 1.165) is 10.0 Å². The van der Waals surface area contributed by atoms with Crippen LogP contribution >= 0.6 is 15.9 Å². The first-order valence-electron chi connectivity index (χ1n) is 5.24. The molecule has 0 unspecified atom stereocenters. The standard InChI is InChI=1S/C13H7BrN4O/c14-10-3-1-2-8(4-10)12-13(7-17,19-12)11(18)9(5-15)6-16/h1-4,12H,18H2/t12-,13-/m1/s1. The van der Waals surface area contributed by atoms with E-state index in [2.05, 4.69) is 15.9 Å². The Labute approximate surface area is 118 Å². The smallest absolute Gasteiger partial charge is 0.227 e. The molecule has 92 valence electrons. The molecule has 1 saturated heterocycles. The van der Waals surface area contributed by atoms with Crippen LogP contribution in [0.15, 0.2) is 40.0 Å². The number of nitrogens with zero attached hydrogens (tertiary/aromatic N) is 3. The molecule has 0 spiro atoms. The fraction of sp³-hybridized carbons (Fsp3) is 0.154. The fourth-order valence-corrected chi connectivity index (χ4v) is 2.22. The molecule has 2 N–H and O–H groups in total. The highest BCUT2D eigenvalue weighted by atomic mass is 79.9. The van der Waals surface area contributed by atoms with Gasteiger partial charge in [0.1, 0.15) is 24.3 Å². The molecule has 6 heteroatoms. The number of ether oxygens (including phenoxy) is 1. The maximum absolute atomic E-state index is 9.25. The van der Waals surface area contributed by atoms with Gasteiger partial charge in [0.2, 0.25) is 5.60 Å². The summed E-state index contributed by atoms with van der Waals surface area (Å²) in [5.41, 5.74) is 4.65. The van der Waals surface area contributed by atoms with E-state index in [4.69, 9.17) is 21.0 Å². The normalized spacial score (nSPS) is 23.6. The molecule has 2 rings (SSSR count). The van der Waals surface area contributed by atoms with Gasteiger partial charge in [0.05, 0.1) is 5.70 Å². The van der Waals surface area contributed by atoms with Gasteiger partial charge in [-0.05, 0) is 17.7 Å². The first-order chi connectivity index (χ1) is 9.08. The van der Waals surface area contributed by atoms with Crippen molar-refractivity contribution in [3.63, 3.8) is 0 Å². The Morgan fingerprint density at radius 1 is 1.32 bits per heavy atom. The molecule has 1 aromatic carbocycles. The van der Waals surface area contributed by atoms with Crippen molar-refractivity contribution in [1.29, 1.82) is 15.8 Å². The molecule has 1 fully saturated rings. The second-order valence-electron chi connectivity index (χ2n) is 3.91. The predicted molar refractivity (Wildman–Crippen MR) is 68.8 cm³/mol. The van der Waals surface area contributed by atoms with Crippen LogP contribution in [0.25, 0.3) is 0 Å². The molecule has 1 aliphatic rings. The molecule has 1 heterocycles. The lowest BCUT2D eigenvalue weighted by atomic mass is 9.95. The van der Waals surface area contributed by atoms with E-state index in [1.165, 1.54) is 0 Å². The third-order valence-corrected chi connectivity index (χ3v) is 3.32. The van der Waals surface area contributed by atoms with Gasteiger partial charge in [0, 0.05) is 4.47 Å². The Hall–Kier alpha value is -2.33. The predicted octanol–water partition coefficient (Wildman–Crippen LogP) is 2.04. The summed E-state index contributed by atoms with van der Waals surface area (Å²) in [5.74, 6) is 0. The van der Waals surface area contributed by atoms with E-state index in [0.29, 0.717) is 0 Å². The third-order valence-electron chi connectivity index (χ3n) is 2.83. The molecule has 2 atom stereocenters. The van der Waals surface area contributed by atoms with Gasteiger partial charge in [-0.2, -0.15) is 15.8 Å². The van der Waals surface area contributed by atoms with Gasteiger partial charge in [-0.3, -0.25) is 0 Å². The molecule has 1 aromatic rings. The summed E-state index contributed by atoms with van der Waals surface area (Å²) in [7, 11) is 0. The van der Waals surface area contributed by atoms with Crippen LogP contribution in [0.4, 0.5) is 0 Å². The van der Waals surface area contributed by atoms with Crippen molar-refractivity contribution in [2.45, 2.75) is 11.7 Å². The number of hydrogen-bond donors (Lipinski definition) is 1. The summed E-state index contributed by atoms with van der Waals surface area (Å²) in [6.45, 7) is 0. The number of benzene rings is 1. The SMILES string of the molecule is N#CC(C#N)=C(N)[C@@]1(C#N)O[C@@H]1c1cccc(Br)c1. The highest BCUT2D eigenvalue weighted by molar-refractivity contribution is 9.10. The van der Waals surface area contributed by atoms with Gasteiger partial charge in [-0.15, -0.1) is 0 Å². The monoisotopic (exact) mass is 314 g/mol. The van der Waals surface area contributed by atoms with E-state index in [-0.39, 0.29) is 11.3 Å². The van der Waals surface area contributed by atoms with Gasteiger partial charge in [-0.1, -0.05) is 28.1 Å². The number of allylic oxidation sites excluding steroid dienone is 1. The van der Waals surface area contributed by atoms with Crippen LogP contribution in [-0.4, -0.2) is 5.60 Å². The quantitative estimate of drug-likeness (QED) is 0.663. The lowest BCUT2D eigenvalue weighted by molar-refractivity contribution is 0.356. The van der Waals surface area contributed by atoms with Crippen LogP contribution in [0.1, 0.15) is 11.7 Å². The fourth-order valence-electron chi connectivity index (χ4n) is 1.81. The first-order valence-corrected chi connectivity index (χ1v) is 6.03. The maximum atomic E-state index is 9.25. The van der Waals surface area contributed by atoms with Gasteiger partial charge in [0.25, 0.3) is 0 Å². The second-order valence-corrected chi connectivity index (χ2v) is 4.83. The zero-order valence-electron chi connectivity index (χ0n) is 9.59. The Balaban J connectivity index is 2.43. The van der Waals surface area contributed by atoms with Crippen molar-refractivity contribution in [3.8, 4) is 18.2 Å². The molecule has 19 heavy (non-hydrogen) atoms. The number of nitrogens with two attached hydrogens (primary N) is 1. The van der Waals surface area contributed by atoms with Crippen molar-refractivity contribution in [3.05, 3.63) is 45.6 Å². The lowest BCUT2D eigenvalue weighted by Crippen LogP contribution is -2.22. The Morgan fingerprint density at radius 2 is 2.00 bits per heavy atom. The second kappa shape index (κ2) is 4.74. The van der Waals surface area contributed by atoms with Crippen LogP contribution in [0.3, 0.4) is 0 Å². The van der Waals surface area contributed by atoms with Crippen molar-refractivity contribution in [1.82, 2.24) is 0 Å². The summed E-state index contributed by atoms with van der Waals surface area (Å²) in [5, 5.41) is 26.9. The Kier molecular flexibility index (Phi) is 3.27. The van der Waals surface area contributed by atoms with Crippen molar-refractivity contribution >= 4 is 15.9 Å². The summed E-state index contributed by atoms with van der Waals surface area (Å²) < 4.78 is 6.22. The van der Waals surface area contributed by atoms with Gasteiger partial charge >= 0.3 is 0 Å². The first kappa shape index (κ1) is 13.1. The van der Waals surface area contributed by atoms with Crippen LogP contribution in [0, 0.1) is 34.0 Å². The largest absolute Gasteiger partial charge is 0.397 e. The van der Waals surface area contributed by atoms with Crippen molar-refractivity contribution in [2.24, 2.45) is 5.73 Å². The average Bonchev–Trinajstić information content (AvgIpc) is 3.16. The van der Waals surface area contributed by atoms with Crippen LogP contribution in [-0.2, 0) is 4.74 Å². The van der Waals surface area contributed by atoms with E-state index >= 15 is 0 Å². The minimum Gasteiger partial charge on any atom is -0.397 e. The van der Waals surface area contributed by atoms with Gasteiger partial charge in [-0.25, -0.2) is 0 Å². The minimum absolute atomic E-state index is 0.134. The lowest BCUT2D eigenvalue weighted by Gasteiger charge is -2.04. The average molecular weight is 315 g/mol. The summed E-state index contributed by atoms with van der Waals surface area (Å²) in [4.78, 5) is 0. The number of halogens is 1. The van der Waals surface area contributed by atoms with E-state index < -0.39 is 11.7 Å². The summed E-state index contributed by atoms with van der Waals surface area (Å²) in [6.07, 6.45) is -0.563. The van der Waals surface area contributed by atoms with Crippen LogP contribution in [0.5, 0.6) is 0 Å². The van der Waals surface area contributed by atoms with Gasteiger partial charge < -0.3 is 10.5 Å². The maximum Gasteiger partial charge on any atom is 0.227 e. The van der Waals surface area contributed by atoms with Crippen LogP contribution in [0.2, 0.25) is 0 Å². The highest BCUT2D eigenvalue weighted by Gasteiger charge is 2.61. The van der Waals surface area contributed by atoms with Gasteiger partial charge in [0.15, 0.2) is 5.57 Å². The van der Waals surface area contributed by atoms with E-state index in [9.17, 15) is 5.26 Å². The molecule has 0 radical (unpaired) electrons. The Morgan fingerprint density at radius 3 is 2.53 bits per heavy atom. The molecular formula is C13H7BrN4O. The zero-order valence-corrected chi connectivity index (χ0v) is 11.2. The highest BCUT2D eigenvalue weighted by Crippen LogP contribution is 2.53. The molecule has 5 nitrogen and oxygen atoms in total. The zero-order chi connectivity index (χ0) is 14.0. The molecule has 0 amide bonds. The third kappa shape index (κ3) is 2.06. The number of nitriles is 3. The van der Waals surface area contributed by atoms with Crippen molar-refractivity contribution in [2.75, 3.05) is 0 Å². The molecular weight excluding hydrogens is 308 g/mol. The Bertz CT molecular complexity index is 676. The van der Waals surface area contributed by atoms with Crippen molar-refractivity contribution < 1.29 is 4.74 Å². The molecule has 1 aliphatic heterocycles. The summed E-state index contributed by atoms with van der Waals surface area (Å²) >= 11 is 3.32. The minimum atomic E-state index is -1.42. The number of epoxide rings is 1. The molecule has 0 bridgehead atoms. The van der Waals surface area contributed by atoms with E-state index in [1.807, 2.05) is 12.1 Å². The topological polar surface area (TPSA) is 110 Å². The molecule has 0 aliphatic carbocycles. The number of hydrogen-bond acceptors (Lipinski definition) is 5. The molecule has 0 saturated carbocycles. The van der Waals surface area contributed by atoms with E-state index in [1.54, 1.807) is 30.3 Å². The number of rotatable bonds is 2. The summed E-state index contributed by atoms with van der Waals surface area (Å²) in [6, 6.07) is 12.5.